The fraction of sp³-hybridized carbons (Fsp3) is 0.259. The molecule has 0 bridgehead atoms. The van der Waals surface area contributed by atoms with Crippen molar-refractivity contribution in [1.29, 1.82) is 0 Å². The molecule has 0 fully saturated rings. The van der Waals surface area contributed by atoms with Crippen LogP contribution in [0.25, 0.3) is 5.57 Å². The highest BCUT2D eigenvalue weighted by Crippen LogP contribution is 2.38. The minimum absolute atomic E-state index is 0.129. The molecule has 3 nitrogen and oxygen atoms in total. The molecule has 31 heavy (non-hydrogen) atoms. The minimum atomic E-state index is -3.58. The van der Waals surface area contributed by atoms with Crippen molar-refractivity contribution in [1.82, 2.24) is 0 Å². The van der Waals surface area contributed by atoms with E-state index in [0.29, 0.717) is 11.3 Å². The Morgan fingerprint density at radius 3 is 2.26 bits per heavy atom. The van der Waals surface area contributed by atoms with Gasteiger partial charge in [-0.1, -0.05) is 60.2 Å². The number of rotatable bonds is 5. The van der Waals surface area contributed by atoms with Crippen molar-refractivity contribution in [2.45, 2.75) is 49.8 Å². The molecular formula is C27H29NO2S. The SMILES string of the molecule is CC1=CC(C)(C)Nc2ccc(C(Cc3ccccc3)S(=O)(=O)c3ccc(C)cc3)cc21. The fourth-order valence-electron chi connectivity index (χ4n) is 4.33. The van der Waals surface area contributed by atoms with Gasteiger partial charge in [0.25, 0.3) is 0 Å². The number of hydrogen-bond donors (Lipinski definition) is 1. The van der Waals surface area contributed by atoms with E-state index in [4.69, 9.17) is 0 Å². The summed E-state index contributed by atoms with van der Waals surface area (Å²) in [7, 11) is -3.58. The molecule has 3 aromatic rings. The first-order valence-corrected chi connectivity index (χ1v) is 12.2. The van der Waals surface area contributed by atoms with Crippen molar-refractivity contribution in [3.63, 3.8) is 0 Å². The van der Waals surface area contributed by atoms with Gasteiger partial charge in [0.05, 0.1) is 15.7 Å². The zero-order chi connectivity index (χ0) is 22.2. The van der Waals surface area contributed by atoms with Crippen molar-refractivity contribution >= 4 is 21.1 Å². The van der Waals surface area contributed by atoms with E-state index in [1.165, 1.54) is 0 Å². The predicted octanol–water partition coefficient (Wildman–Crippen LogP) is 6.36. The molecule has 1 N–H and O–H groups in total. The fourth-order valence-corrected chi connectivity index (χ4v) is 6.09. The number of sulfone groups is 1. The number of fused-ring (bicyclic) bond motifs is 1. The third-order valence-electron chi connectivity index (χ3n) is 5.86. The van der Waals surface area contributed by atoms with Crippen LogP contribution in [0.15, 0.2) is 83.8 Å². The molecule has 0 amide bonds. The molecule has 4 rings (SSSR count). The van der Waals surface area contributed by atoms with Crippen LogP contribution in [-0.2, 0) is 16.3 Å². The molecule has 0 aliphatic carbocycles. The van der Waals surface area contributed by atoms with Crippen LogP contribution in [0.1, 0.15) is 48.3 Å². The van der Waals surface area contributed by atoms with Gasteiger partial charge in [0, 0.05) is 11.3 Å². The summed E-state index contributed by atoms with van der Waals surface area (Å²) in [6.07, 6.45) is 2.62. The lowest BCUT2D eigenvalue weighted by Gasteiger charge is -2.32. The van der Waals surface area contributed by atoms with E-state index in [1.54, 1.807) is 12.1 Å². The van der Waals surface area contributed by atoms with Gasteiger partial charge in [0.15, 0.2) is 9.84 Å². The van der Waals surface area contributed by atoms with Gasteiger partial charge in [0.2, 0.25) is 0 Å². The number of nitrogens with one attached hydrogen (secondary N) is 1. The van der Waals surface area contributed by atoms with Crippen molar-refractivity contribution in [2.75, 3.05) is 5.32 Å². The summed E-state index contributed by atoms with van der Waals surface area (Å²) in [5.41, 5.74) is 6.00. The predicted molar refractivity (Wildman–Crippen MR) is 129 cm³/mol. The number of allylic oxidation sites excluding steroid dienone is 1. The van der Waals surface area contributed by atoms with Crippen LogP contribution < -0.4 is 5.32 Å². The number of anilines is 1. The van der Waals surface area contributed by atoms with Crippen molar-refractivity contribution in [3.8, 4) is 0 Å². The van der Waals surface area contributed by atoms with E-state index in [9.17, 15) is 8.42 Å². The average molecular weight is 432 g/mol. The van der Waals surface area contributed by atoms with Gasteiger partial charge in [-0.15, -0.1) is 0 Å². The van der Waals surface area contributed by atoms with Crippen LogP contribution in [0.5, 0.6) is 0 Å². The van der Waals surface area contributed by atoms with E-state index >= 15 is 0 Å². The standard InChI is InChI=1S/C27H29NO2S/c1-19-10-13-23(14-11-19)31(29,30)26(16-21-8-6-5-7-9-21)22-12-15-25-24(17-22)20(2)18-27(3,4)28-25/h5-15,17-18,26,28H,16H2,1-4H3. The molecule has 3 aromatic carbocycles. The lowest BCUT2D eigenvalue weighted by Crippen LogP contribution is -2.31. The Kier molecular flexibility index (Phi) is 5.52. The van der Waals surface area contributed by atoms with Crippen LogP contribution in [0.4, 0.5) is 5.69 Å². The number of hydrogen-bond acceptors (Lipinski definition) is 3. The Bertz CT molecular complexity index is 1220. The lowest BCUT2D eigenvalue weighted by atomic mass is 9.89. The summed E-state index contributed by atoms with van der Waals surface area (Å²) in [6.45, 7) is 8.32. The van der Waals surface area contributed by atoms with Gasteiger partial charge in [-0.2, -0.15) is 0 Å². The zero-order valence-corrected chi connectivity index (χ0v) is 19.3. The van der Waals surface area contributed by atoms with Gasteiger partial charge < -0.3 is 5.32 Å². The summed E-state index contributed by atoms with van der Waals surface area (Å²) in [4.78, 5) is 0.364. The Labute approximate surface area is 185 Å². The first-order valence-electron chi connectivity index (χ1n) is 10.6. The zero-order valence-electron chi connectivity index (χ0n) is 18.5. The maximum absolute atomic E-state index is 13.8. The van der Waals surface area contributed by atoms with Crippen LogP contribution in [0.3, 0.4) is 0 Å². The largest absolute Gasteiger partial charge is 0.376 e. The molecule has 1 atom stereocenters. The van der Waals surface area contributed by atoms with Crippen LogP contribution in [0, 0.1) is 6.92 Å². The van der Waals surface area contributed by atoms with Crippen molar-refractivity contribution in [3.05, 3.63) is 101 Å². The van der Waals surface area contributed by atoms with E-state index in [-0.39, 0.29) is 5.54 Å². The Morgan fingerprint density at radius 2 is 1.58 bits per heavy atom. The van der Waals surface area contributed by atoms with E-state index in [2.05, 4.69) is 32.2 Å². The Hall–Kier alpha value is -2.85. The highest BCUT2D eigenvalue weighted by Gasteiger charge is 2.31. The number of aryl methyl sites for hydroxylation is 1. The Balaban J connectivity index is 1.82. The smallest absolute Gasteiger partial charge is 0.185 e. The first-order chi connectivity index (χ1) is 14.7. The summed E-state index contributed by atoms with van der Waals surface area (Å²) in [5.74, 6) is 0. The molecule has 1 heterocycles. The minimum Gasteiger partial charge on any atom is -0.376 e. The van der Waals surface area contributed by atoms with E-state index < -0.39 is 15.1 Å². The van der Waals surface area contributed by atoms with Crippen LogP contribution >= 0.6 is 0 Å². The molecule has 1 aliphatic heterocycles. The second-order valence-corrected chi connectivity index (χ2v) is 11.1. The monoisotopic (exact) mass is 431 g/mol. The van der Waals surface area contributed by atoms with Gasteiger partial charge in [-0.05, 0) is 75.1 Å². The molecule has 0 aromatic heterocycles. The van der Waals surface area contributed by atoms with Crippen LogP contribution in [-0.4, -0.2) is 14.0 Å². The summed E-state index contributed by atoms with van der Waals surface area (Å²) < 4.78 is 27.5. The third-order valence-corrected chi connectivity index (χ3v) is 7.98. The van der Waals surface area contributed by atoms with Gasteiger partial charge in [-0.25, -0.2) is 8.42 Å². The molecule has 160 valence electrons. The normalized spacial score (nSPS) is 16.1. The molecule has 0 radical (unpaired) electrons. The molecular weight excluding hydrogens is 402 g/mol. The molecule has 4 heteroatoms. The quantitative estimate of drug-likeness (QED) is 0.511. The summed E-state index contributed by atoms with van der Waals surface area (Å²) in [6, 6.07) is 23.0. The molecule has 0 saturated heterocycles. The van der Waals surface area contributed by atoms with Gasteiger partial charge >= 0.3 is 0 Å². The first kappa shape index (κ1) is 21.4. The maximum atomic E-state index is 13.8. The van der Waals surface area contributed by atoms with Crippen molar-refractivity contribution in [2.24, 2.45) is 0 Å². The third kappa shape index (κ3) is 4.45. The molecule has 1 aliphatic rings. The highest BCUT2D eigenvalue weighted by atomic mass is 32.2. The van der Waals surface area contributed by atoms with E-state index in [0.717, 1.165) is 33.5 Å². The highest BCUT2D eigenvalue weighted by molar-refractivity contribution is 7.91. The van der Waals surface area contributed by atoms with Gasteiger partial charge in [0.1, 0.15) is 0 Å². The average Bonchev–Trinajstić information content (AvgIpc) is 2.72. The topological polar surface area (TPSA) is 46.2 Å². The second kappa shape index (κ2) is 8.01. The molecule has 1 unspecified atom stereocenters. The van der Waals surface area contributed by atoms with E-state index in [1.807, 2.05) is 67.6 Å². The lowest BCUT2D eigenvalue weighted by molar-refractivity contribution is 0.581. The second-order valence-electron chi connectivity index (χ2n) is 9.02. The number of benzene rings is 3. The maximum Gasteiger partial charge on any atom is 0.185 e. The van der Waals surface area contributed by atoms with Gasteiger partial charge in [-0.3, -0.25) is 0 Å². The Morgan fingerprint density at radius 1 is 0.903 bits per heavy atom. The molecule has 0 saturated carbocycles. The molecule has 0 spiro atoms. The van der Waals surface area contributed by atoms with Crippen LogP contribution in [0.2, 0.25) is 0 Å². The summed E-state index contributed by atoms with van der Waals surface area (Å²) in [5, 5.41) is 2.87. The summed E-state index contributed by atoms with van der Waals surface area (Å²) >= 11 is 0. The van der Waals surface area contributed by atoms with Crippen molar-refractivity contribution < 1.29 is 8.42 Å².